The molecule has 0 spiro atoms. The third-order valence-electron chi connectivity index (χ3n) is 6.60. The Bertz CT molecular complexity index is 1560. The number of rotatable bonds is 14. The molecule has 3 aromatic rings. The Morgan fingerprint density at radius 1 is 1.02 bits per heavy atom. The van der Waals surface area contributed by atoms with Crippen LogP contribution in [0.25, 0.3) is 5.76 Å². The quantitative estimate of drug-likeness (QED) is 0.0717. The number of thiazole rings is 1. The zero-order valence-corrected chi connectivity index (χ0v) is 26.1. The topological polar surface area (TPSA) is 124 Å². The number of benzene rings is 2. The molecule has 0 aliphatic carbocycles. The van der Waals surface area contributed by atoms with E-state index in [0.717, 1.165) is 24.2 Å². The van der Waals surface area contributed by atoms with Crippen LogP contribution in [0, 0.1) is 6.92 Å². The molecule has 1 N–H and O–H groups in total. The van der Waals surface area contributed by atoms with Crippen LogP contribution in [0.1, 0.15) is 66.1 Å². The van der Waals surface area contributed by atoms with Gasteiger partial charge in [0, 0.05) is 5.56 Å². The fourth-order valence-corrected chi connectivity index (χ4v) is 5.59. The van der Waals surface area contributed by atoms with Gasteiger partial charge in [-0.15, -0.1) is 0 Å². The van der Waals surface area contributed by atoms with Crippen molar-refractivity contribution in [3.8, 4) is 17.2 Å². The van der Waals surface area contributed by atoms with Crippen molar-refractivity contribution in [1.29, 1.82) is 0 Å². The van der Waals surface area contributed by atoms with Crippen LogP contribution >= 0.6 is 11.3 Å². The Hall–Kier alpha value is -4.64. The van der Waals surface area contributed by atoms with Crippen molar-refractivity contribution >= 4 is 39.9 Å². The van der Waals surface area contributed by atoms with Crippen LogP contribution in [0.3, 0.4) is 0 Å². The minimum atomic E-state index is -1.09. The van der Waals surface area contributed by atoms with Gasteiger partial charge < -0.3 is 24.1 Å². The molecule has 1 fully saturated rings. The lowest BCUT2D eigenvalue weighted by molar-refractivity contribution is -0.132. The summed E-state index contributed by atoms with van der Waals surface area (Å²) in [5, 5.41) is 11.6. The van der Waals surface area contributed by atoms with Crippen LogP contribution in [-0.4, -0.2) is 54.2 Å². The van der Waals surface area contributed by atoms with Gasteiger partial charge in [-0.25, -0.2) is 9.78 Å². The molecular formula is C33H36N2O8S. The summed E-state index contributed by atoms with van der Waals surface area (Å²) in [7, 11) is 0. The Balaban J connectivity index is 1.88. The van der Waals surface area contributed by atoms with Crippen molar-refractivity contribution in [2.75, 3.05) is 31.3 Å². The zero-order chi connectivity index (χ0) is 31.8. The monoisotopic (exact) mass is 620 g/mol. The smallest absolute Gasteiger partial charge is 0.350 e. The number of ketones is 1. The van der Waals surface area contributed by atoms with Gasteiger partial charge in [0.25, 0.3) is 5.78 Å². The molecule has 1 saturated heterocycles. The van der Waals surface area contributed by atoms with Gasteiger partial charge in [0.05, 0.1) is 37.1 Å². The van der Waals surface area contributed by atoms with E-state index in [9.17, 15) is 19.5 Å². The van der Waals surface area contributed by atoms with E-state index in [2.05, 4.69) is 11.6 Å². The summed E-state index contributed by atoms with van der Waals surface area (Å²) in [6, 6.07) is 10.6. The van der Waals surface area contributed by atoms with Crippen LogP contribution in [0.2, 0.25) is 0 Å². The number of carbonyl (C=O) groups is 3. The molecular weight excluding hydrogens is 584 g/mol. The van der Waals surface area contributed by atoms with E-state index in [-0.39, 0.29) is 27.9 Å². The van der Waals surface area contributed by atoms with Crippen molar-refractivity contribution in [2.24, 2.45) is 0 Å². The summed E-state index contributed by atoms with van der Waals surface area (Å²) in [5.74, 6) is -1.24. The van der Waals surface area contributed by atoms with Crippen molar-refractivity contribution < 1.29 is 38.4 Å². The van der Waals surface area contributed by atoms with Crippen LogP contribution in [-0.2, 0) is 14.3 Å². The fraction of sp³-hybridized carbons (Fsp3) is 0.333. The van der Waals surface area contributed by atoms with Crippen LogP contribution in [0.15, 0.2) is 60.7 Å². The number of nitrogens with zero attached hydrogens (tertiary/aromatic N) is 2. The number of aromatic nitrogens is 1. The molecule has 1 aliphatic heterocycles. The summed E-state index contributed by atoms with van der Waals surface area (Å²) in [6.07, 6.45) is 3.07. The molecule has 0 radical (unpaired) electrons. The van der Waals surface area contributed by atoms with Crippen LogP contribution < -0.4 is 19.1 Å². The molecule has 11 heteroatoms. The molecule has 0 bridgehead atoms. The molecule has 2 heterocycles. The largest absolute Gasteiger partial charge is 0.507 e. The highest BCUT2D eigenvalue weighted by Crippen LogP contribution is 2.45. The van der Waals surface area contributed by atoms with Gasteiger partial charge >= 0.3 is 11.9 Å². The maximum atomic E-state index is 13.7. The van der Waals surface area contributed by atoms with Gasteiger partial charge in [-0.2, -0.15) is 0 Å². The maximum Gasteiger partial charge on any atom is 0.350 e. The first-order valence-electron chi connectivity index (χ1n) is 14.4. The molecule has 44 heavy (non-hydrogen) atoms. The van der Waals surface area contributed by atoms with E-state index in [1.165, 1.54) is 11.0 Å². The molecule has 1 aliphatic rings. The average molecular weight is 621 g/mol. The average Bonchev–Trinajstić information content (AvgIpc) is 3.54. The summed E-state index contributed by atoms with van der Waals surface area (Å²) in [4.78, 5) is 45.9. The Labute approximate surface area is 260 Å². The summed E-state index contributed by atoms with van der Waals surface area (Å²) in [5.41, 5.74) is 1.00. The van der Waals surface area contributed by atoms with Gasteiger partial charge in [0.1, 0.15) is 23.0 Å². The SMILES string of the molecule is C=CCOC(=O)c1sc(N2C(=O)C(=O)C(=C(O)c3ccc(OCCC)cc3)C2c2ccc(OCCC)c(OCC)c2)nc1C. The second kappa shape index (κ2) is 14.7. The number of hydrogen-bond donors (Lipinski definition) is 1. The van der Waals surface area contributed by atoms with E-state index in [0.29, 0.717) is 53.9 Å². The molecule has 1 amide bonds. The zero-order valence-electron chi connectivity index (χ0n) is 25.3. The molecule has 4 rings (SSSR count). The van der Waals surface area contributed by atoms with Gasteiger partial charge in [0.2, 0.25) is 0 Å². The number of aliphatic hydroxyl groups excluding tert-OH is 1. The second-order valence-electron chi connectivity index (χ2n) is 9.83. The predicted octanol–water partition coefficient (Wildman–Crippen LogP) is 6.40. The summed E-state index contributed by atoms with van der Waals surface area (Å²) < 4.78 is 22.5. The number of hydrogen-bond acceptors (Lipinski definition) is 10. The third-order valence-corrected chi connectivity index (χ3v) is 7.74. The third kappa shape index (κ3) is 6.78. The van der Waals surface area contributed by atoms with E-state index in [1.807, 2.05) is 20.8 Å². The number of esters is 1. The second-order valence-corrected chi connectivity index (χ2v) is 10.8. The molecule has 1 aromatic heterocycles. The van der Waals surface area contributed by atoms with E-state index >= 15 is 0 Å². The lowest BCUT2D eigenvalue weighted by atomic mass is 9.95. The van der Waals surface area contributed by atoms with Crippen LogP contribution in [0.4, 0.5) is 5.13 Å². The molecule has 2 aromatic carbocycles. The first-order valence-corrected chi connectivity index (χ1v) is 15.3. The number of aliphatic hydroxyl groups is 1. The van der Waals surface area contributed by atoms with Crippen molar-refractivity contribution in [3.63, 3.8) is 0 Å². The molecule has 1 unspecified atom stereocenters. The van der Waals surface area contributed by atoms with Gasteiger partial charge in [-0.05, 0) is 68.7 Å². The van der Waals surface area contributed by atoms with E-state index in [4.69, 9.17) is 18.9 Å². The number of ether oxygens (including phenoxy) is 4. The van der Waals surface area contributed by atoms with E-state index < -0.39 is 23.7 Å². The first-order chi connectivity index (χ1) is 21.2. The number of anilines is 1. The van der Waals surface area contributed by atoms with Crippen molar-refractivity contribution in [1.82, 2.24) is 4.98 Å². The predicted molar refractivity (Wildman–Crippen MR) is 168 cm³/mol. The van der Waals surface area contributed by atoms with Gasteiger partial charge in [-0.3, -0.25) is 14.5 Å². The number of amides is 1. The lowest BCUT2D eigenvalue weighted by Gasteiger charge is -2.24. The highest BCUT2D eigenvalue weighted by Gasteiger charge is 2.48. The minimum Gasteiger partial charge on any atom is -0.507 e. The van der Waals surface area contributed by atoms with Gasteiger partial charge in [-0.1, -0.05) is 43.9 Å². The van der Waals surface area contributed by atoms with Crippen molar-refractivity contribution in [2.45, 2.75) is 46.6 Å². The van der Waals surface area contributed by atoms with Crippen LogP contribution in [0.5, 0.6) is 17.2 Å². The summed E-state index contributed by atoms with van der Waals surface area (Å²) in [6.45, 7) is 12.3. The highest BCUT2D eigenvalue weighted by atomic mass is 32.1. The number of Topliss-reactive ketones (excluding diaryl/α,β-unsaturated/α-hetero) is 1. The lowest BCUT2D eigenvalue weighted by Crippen LogP contribution is -2.29. The standard InChI is InChI=1S/C33H36N2O8S/c1-6-16-41-23-13-10-21(11-14-23)28(36)26-27(22-12-15-24(42-17-7-2)25(19-22)40-9-4)35(31(38)29(26)37)33-34-20(5)30(44-33)32(39)43-18-8-3/h8,10-15,19,27,36H,3,6-7,9,16-18H2,1-2,4-5H3. The van der Waals surface area contributed by atoms with Gasteiger partial charge in [0.15, 0.2) is 16.6 Å². The highest BCUT2D eigenvalue weighted by molar-refractivity contribution is 7.17. The molecule has 0 saturated carbocycles. The number of aryl methyl sites for hydroxylation is 1. The Morgan fingerprint density at radius 3 is 2.39 bits per heavy atom. The number of carbonyl (C=O) groups excluding carboxylic acids is 3. The Morgan fingerprint density at radius 2 is 1.73 bits per heavy atom. The van der Waals surface area contributed by atoms with E-state index in [1.54, 1.807) is 49.4 Å². The normalized spacial score (nSPS) is 15.7. The Kier molecular flexibility index (Phi) is 10.8. The molecule has 10 nitrogen and oxygen atoms in total. The molecule has 232 valence electrons. The minimum absolute atomic E-state index is 0.00491. The summed E-state index contributed by atoms with van der Waals surface area (Å²) >= 11 is 0.924. The molecule has 1 atom stereocenters. The van der Waals surface area contributed by atoms with Crippen molar-refractivity contribution in [3.05, 3.63) is 82.4 Å². The fourth-order valence-electron chi connectivity index (χ4n) is 4.60. The first kappa shape index (κ1) is 32.3. The maximum absolute atomic E-state index is 13.7.